The van der Waals surface area contributed by atoms with E-state index < -0.39 is 0 Å². The molecule has 1 aromatic carbocycles. The van der Waals surface area contributed by atoms with Crippen LogP contribution in [0.4, 0.5) is 0 Å². The van der Waals surface area contributed by atoms with Crippen molar-refractivity contribution in [2.75, 3.05) is 0 Å². The molecule has 0 aliphatic rings. The standard InChI is InChI=1S/C14H22O/c1-3-4-5-6-7-13-8-10-14(11-9-13)12(2)15/h8-12,15H,3-7H2,1-2H3/t12-/m1/s1. The van der Waals surface area contributed by atoms with Crippen LogP contribution in [-0.4, -0.2) is 5.11 Å². The van der Waals surface area contributed by atoms with E-state index in [-0.39, 0.29) is 6.10 Å². The van der Waals surface area contributed by atoms with Crippen molar-refractivity contribution in [3.63, 3.8) is 0 Å². The smallest absolute Gasteiger partial charge is 0.0761 e. The Morgan fingerprint density at radius 3 is 2.27 bits per heavy atom. The molecule has 0 aliphatic carbocycles. The first-order valence-corrected chi connectivity index (χ1v) is 6.01. The highest BCUT2D eigenvalue weighted by atomic mass is 16.3. The zero-order valence-corrected chi connectivity index (χ0v) is 9.87. The van der Waals surface area contributed by atoms with Crippen molar-refractivity contribution in [1.82, 2.24) is 0 Å². The maximum atomic E-state index is 9.36. The van der Waals surface area contributed by atoms with Crippen molar-refractivity contribution in [3.05, 3.63) is 35.4 Å². The number of hydrogen-bond acceptors (Lipinski definition) is 1. The van der Waals surface area contributed by atoms with E-state index in [2.05, 4.69) is 19.1 Å². The Morgan fingerprint density at radius 2 is 1.73 bits per heavy atom. The molecule has 84 valence electrons. The number of rotatable bonds is 6. The van der Waals surface area contributed by atoms with Crippen LogP contribution < -0.4 is 0 Å². The highest BCUT2D eigenvalue weighted by Crippen LogP contribution is 2.14. The summed E-state index contributed by atoms with van der Waals surface area (Å²) >= 11 is 0. The molecule has 0 bridgehead atoms. The van der Waals surface area contributed by atoms with Gasteiger partial charge in [0.1, 0.15) is 0 Å². The highest BCUT2D eigenvalue weighted by Gasteiger charge is 1.99. The number of unbranched alkanes of at least 4 members (excludes halogenated alkanes) is 3. The van der Waals surface area contributed by atoms with Gasteiger partial charge >= 0.3 is 0 Å². The van der Waals surface area contributed by atoms with Gasteiger partial charge in [-0.2, -0.15) is 0 Å². The third kappa shape index (κ3) is 4.48. The Balaban J connectivity index is 2.36. The predicted molar refractivity (Wildman–Crippen MR) is 64.9 cm³/mol. The molecule has 1 N–H and O–H groups in total. The Bertz CT molecular complexity index is 261. The summed E-state index contributed by atoms with van der Waals surface area (Å²) in [5, 5.41) is 9.36. The normalized spacial score (nSPS) is 12.7. The molecule has 15 heavy (non-hydrogen) atoms. The van der Waals surface area contributed by atoms with Crippen molar-refractivity contribution in [1.29, 1.82) is 0 Å². The third-order valence-electron chi connectivity index (χ3n) is 2.78. The number of aryl methyl sites for hydroxylation is 1. The summed E-state index contributed by atoms with van der Waals surface area (Å²) in [6.45, 7) is 4.04. The van der Waals surface area contributed by atoms with E-state index >= 15 is 0 Å². The molecule has 0 amide bonds. The molecule has 0 saturated carbocycles. The lowest BCUT2D eigenvalue weighted by Crippen LogP contribution is -1.92. The van der Waals surface area contributed by atoms with Gasteiger partial charge in [0, 0.05) is 0 Å². The Morgan fingerprint density at radius 1 is 1.07 bits per heavy atom. The maximum Gasteiger partial charge on any atom is 0.0761 e. The number of benzene rings is 1. The molecule has 0 fully saturated rings. The van der Waals surface area contributed by atoms with E-state index in [0.29, 0.717) is 0 Å². The molecule has 0 unspecified atom stereocenters. The summed E-state index contributed by atoms with van der Waals surface area (Å²) < 4.78 is 0. The fraction of sp³-hybridized carbons (Fsp3) is 0.571. The second kappa shape index (κ2) is 6.62. The van der Waals surface area contributed by atoms with Gasteiger partial charge in [-0.05, 0) is 30.9 Å². The van der Waals surface area contributed by atoms with Gasteiger partial charge in [0.2, 0.25) is 0 Å². The lowest BCUT2D eigenvalue weighted by atomic mass is 10.0. The van der Waals surface area contributed by atoms with Crippen LogP contribution in [0.3, 0.4) is 0 Å². The summed E-state index contributed by atoms with van der Waals surface area (Å²) in [5.74, 6) is 0. The molecule has 1 rings (SSSR count). The van der Waals surface area contributed by atoms with E-state index in [0.717, 1.165) is 5.56 Å². The lowest BCUT2D eigenvalue weighted by Gasteiger charge is -2.06. The minimum absolute atomic E-state index is 0.348. The molecule has 1 aromatic rings. The summed E-state index contributed by atoms with van der Waals surface area (Å²) in [5.41, 5.74) is 2.39. The maximum absolute atomic E-state index is 9.36. The van der Waals surface area contributed by atoms with Crippen molar-refractivity contribution in [3.8, 4) is 0 Å². The third-order valence-corrected chi connectivity index (χ3v) is 2.78. The fourth-order valence-corrected chi connectivity index (χ4v) is 1.72. The molecule has 0 heterocycles. The van der Waals surface area contributed by atoms with Gasteiger partial charge in [-0.1, -0.05) is 50.5 Å². The molecule has 0 aliphatic heterocycles. The van der Waals surface area contributed by atoms with Gasteiger partial charge in [-0.25, -0.2) is 0 Å². The fourth-order valence-electron chi connectivity index (χ4n) is 1.72. The molecule has 1 heteroatoms. The molecule has 0 aromatic heterocycles. The molecule has 0 spiro atoms. The summed E-state index contributed by atoms with van der Waals surface area (Å²) in [6.07, 6.45) is 6.06. The SMILES string of the molecule is CCCCCCc1ccc([C@@H](C)O)cc1. The molecule has 0 radical (unpaired) electrons. The zero-order valence-electron chi connectivity index (χ0n) is 9.87. The zero-order chi connectivity index (χ0) is 11.1. The summed E-state index contributed by atoms with van der Waals surface area (Å²) in [6, 6.07) is 8.32. The number of aliphatic hydroxyl groups is 1. The summed E-state index contributed by atoms with van der Waals surface area (Å²) in [7, 11) is 0. The Kier molecular flexibility index (Phi) is 5.41. The van der Waals surface area contributed by atoms with E-state index in [1.165, 1.54) is 37.7 Å². The minimum Gasteiger partial charge on any atom is -0.389 e. The van der Waals surface area contributed by atoms with Gasteiger partial charge in [0.25, 0.3) is 0 Å². The van der Waals surface area contributed by atoms with Crippen LogP contribution in [-0.2, 0) is 6.42 Å². The minimum atomic E-state index is -0.348. The highest BCUT2D eigenvalue weighted by molar-refractivity contribution is 5.23. The van der Waals surface area contributed by atoms with Crippen LogP contribution in [0.1, 0.15) is 56.8 Å². The molecule has 0 saturated heterocycles. The first kappa shape index (κ1) is 12.3. The van der Waals surface area contributed by atoms with Crippen molar-refractivity contribution in [2.24, 2.45) is 0 Å². The van der Waals surface area contributed by atoms with Crippen molar-refractivity contribution in [2.45, 2.75) is 52.1 Å². The second-order valence-corrected chi connectivity index (χ2v) is 4.23. The van der Waals surface area contributed by atoms with Crippen LogP contribution in [0, 0.1) is 0 Å². The average molecular weight is 206 g/mol. The van der Waals surface area contributed by atoms with Gasteiger partial charge in [-0.15, -0.1) is 0 Å². The van der Waals surface area contributed by atoms with Crippen LogP contribution in [0.2, 0.25) is 0 Å². The van der Waals surface area contributed by atoms with Crippen LogP contribution in [0.25, 0.3) is 0 Å². The van der Waals surface area contributed by atoms with Crippen molar-refractivity contribution >= 4 is 0 Å². The van der Waals surface area contributed by atoms with Crippen molar-refractivity contribution < 1.29 is 5.11 Å². The largest absolute Gasteiger partial charge is 0.389 e. The second-order valence-electron chi connectivity index (χ2n) is 4.23. The van der Waals surface area contributed by atoms with Crippen LogP contribution >= 0.6 is 0 Å². The quantitative estimate of drug-likeness (QED) is 0.701. The van der Waals surface area contributed by atoms with E-state index in [4.69, 9.17) is 0 Å². The lowest BCUT2D eigenvalue weighted by molar-refractivity contribution is 0.199. The first-order chi connectivity index (χ1) is 7.24. The predicted octanol–water partition coefficient (Wildman–Crippen LogP) is 3.86. The number of hydrogen-bond donors (Lipinski definition) is 1. The molecular formula is C14H22O. The van der Waals surface area contributed by atoms with Crippen LogP contribution in [0.15, 0.2) is 24.3 Å². The van der Waals surface area contributed by atoms with Gasteiger partial charge in [-0.3, -0.25) is 0 Å². The van der Waals surface area contributed by atoms with E-state index in [1.54, 1.807) is 6.92 Å². The molecule has 1 atom stereocenters. The van der Waals surface area contributed by atoms with Crippen LogP contribution in [0.5, 0.6) is 0 Å². The van der Waals surface area contributed by atoms with Gasteiger partial charge in [0.05, 0.1) is 6.10 Å². The first-order valence-electron chi connectivity index (χ1n) is 6.01. The van der Waals surface area contributed by atoms with Gasteiger partial charge < -0.3 is 5.11 Å². The van der Waals surface area contributed by atoms with E-state index in [9.17, 15) is 5.11 Å². The summed E-state index contributed by atoms with van der Waals surface area (Å²) in [4.78, 5) is 0. The van der Waals surface area contributed by atoms with Gasteiger partial charge in [0.15, 0.2) is 0 Å². The molecule has 1 nitrogen and oxygen atoms in total. The van der Waals surface area contributed by atoms with E-state index in [1.807, 2.05) is 12.1 Å². The Hall–Kier alpha value is -0.820. The average Bonchev–Trinajstić information content (AvgIpc) is 2.25. The topological polar surface area (TPSA) is 20.2 Å². The number of aliphatic hydroxyl groups excluding tert-OH is 1. The monoisotopic (exact) mass is 206 g/mol. The Labute approximate surface area is 93.1 Å². The molecular weight excluding hydrogens is 184 g/mol.